The lowest BCUT2D eigenvalue weighted by Crippen LogP contribution is -2.04. The summed E-state index contributed by atoms with van der Waals surface area (Å²) in [6.45, 7) is 0.255. The van der Waals surface area contributed by atoms with E-state index in [1.54, 1.807) is 18.2 Å². The lowest BCUT2D eigenvalue weighted by atomic mass is 10.2. The summed E-state index contributed by atoms with van der Waals surface area (Å²) in [6, 6.07) is 14.6. The van der Waals surface area contributed by atoms with E-state index in [-0.39, 0.29) is 6.61 Å². The summed E-state index contributed by atoms with van der Waals surface area (Å²) >= 11 is 13.7. The zero-order chi connectivity index (χ0) is 20.2. The number of rotatable bonds is 7. The third-order valence-corrected chi connectivity index (χ3v) is 5.67. The van der Waals surface area contributed by atoms with E-state index in [1.165, 1.54) is 11.8 Å². The third-order valence-electron chi connectivity index (χ3n) is 4.03. The quantitative estimate of drug-likeness (QED) is 0.367. The van der Waals surface area contributed by atoms with Crippen LogP contribution in [-0.2, 0) is 19.4 Å². The Kier molecular flexibility index (Phi) is 6.03. The number of thioether (sulfide) groups is 1. The Morgan fingerprint density at radius 1 is 1.03 bits per heavy atom. The molecule has 0 radical (unpaired) electrons. The van der Waals surface area contributed by atoms with Gasteiger partial charge < -0.3 is 13.8 Å². The number of benzene rings is 2. The molecule has 0 saturated heterocycles. The van der Waals surface area contributed by atoms with Crippen LogP contribution in [0, 0.1) is 0 Å². The zero-order valence-electron chi connectivity index (χ0n) is 15.2. The van der Waals surface area contributed by atoms with Crippen molar-refractivity contribution in [3.8, 4) is 17.1 Å². The van der Waals surface area contributed by atoms with Crippen molar-refractivity contribution >= 4 is 35.0 Å². The van der Waals surface area contributed by atoms with Crippen molar-refractivity contribution in [1.82, 2.24) is 24.9 Å². The summed E-state index contributed by atoms with van der Waals surface area (Å²) in [4.78, 5) is 4.40. The molecule has 0 saturated carbocycles. The summed E-state index contributed by atoms with van der Waals surface area (Å²) in [7, 11) is 1.87. The first kappa shape index (κ1) is 19.8. The lowest BCUT2D eigenvalue weighted by Gasteiger charge is -2.07. The Morgan fingerprint density at radius 2 is 1.79 bits per heavy atom. The van der Waals surface area contributed by atoms with Crippen LogP contribution in [0.4, 0.5) is 0 Å². The van der Waals surface area contributed by atoms with Crippen molar-refractivity contribution in [2.45, 2.75) is 17.5 Å². The number of halogens is 2. The first-order valence-corrected chi connectivity index (χ1v) is 10.3. The molecule has 7 nitrogen and oxygen atoms in total. The molecule has 0 aliphatic rings. The van der Waals surface area contributed by atoms with Crippen LogP contribution in [0.3, 0.4) is 0 Å². The molecule has 0 aliphatic heterocycles. The molecule has 0 spiro atoms. The first-order chi connectivity index (χ1) is 14.1. The SMILES string of the molecule is Cn1c(COc2ccccc2Cl)nnc1SCc1nc(-c2ccccc2Cl)no1. The molecule has 2 aromatic heterocycles. The Balaban J connectivity index is 1.39. The van der Waals surface area contributed by atoms with Gasteiger partial charge in [0.05, 0.1) is 15.8 Å². The highest BCUT2D eigenvalue weighted by atomic mass is 35.5. The molecular weight excluding hydrogens is 433 g/mol. The molecule has 4 aromatic rings. The van der Waals surface area contributed by atoms with Gasteiger partial charge in [-0.05, 0) is 24.3 Å². The van der Waals surface area contributed by atoms with Gasteiger partial charge in [0.2, 0.25) is 11.7 Å². The van der Waals surface area contributed by atoms with E-state index in [9.17, 15) is 0 Å². The van der Waals surface area contributed by atoms with Crippen LogP contribution >= 0.6 is 35.0 Å². The Labute approximate surface area is 181 Å². The standard InChI is InChI=1S/C19H15Cl2N5O2S/c1-26-16(10-27-15-9-5-4-8-14(15)21)23-24-19(26)29-11-17-22-18(25-28-17)12-6-2-3-7-13(12)20/h2-9H,10-11H2,1H3. The van der Waals surface area contributed by atoms with Crippen LogP contribution in [0.2, 0.25) is 10.0 Å². The van der Waals surface area contributed by atoms with Gasteiger partial charge in [-0.1, -0.05) is 64.4 Å². The second-order valence-electron chi connectivity index (χ2n) is 5.96. The van der Waals surface area contributed by atoms with Crippen LogP contribution in [0.1, 0.15) is 11.7 Å². The second-order valence-corrected chi connectivity index (χ2v) is 7.71. The van der Waals surface area contributed by atoms with Gasteiger partial charge in [-0.2, -0.15) is 4.98 Å². The first-order valence-electron chi connectivity index (χ1n) is 8.57. The molecule has 4 rings (SSSR count). The van der Waals surface area contributed by atoms with Crippen LogP contribution < -0.4 is 4.74 Å². The summed E-state index contributed by atoms with van der Waals surface area (Å²) in [5.41, 5.74) is 0.729. The molecule has 148 valence electrons. The Bertz CT molecular complexity index is 1130. The highest BCUT2D eigenvalue weighted by Gasteiger charge is 2.15. The molecule has 0 bridgehead atoms. The fourth-order valence-electron chi connectivity index (χ4n) is 2.49. The zero-order valence-corrected chi connectivity index (χ0v) is 17.6. The molecule has 2 heterocycles. The predicted octanol–water partition coefficient (Wildman–Crippen LogP) is 5.04. The van der Waals surface area contributed by atoms with Crippen LogP contribution in [0.15, 0.2) is 58.2 Å². The van der Waals surface area contributed by atoms with E-state index in [1.807, 2.05) is 41.9 Å². The number of hydrogen-bond donors (Lipinski definition) is 0. The Morgan fingerprint density at radius 3 is 2.59 bits per heavy atom. The molecule has 10 heteroatoms. The highest BCUT2D eigenvalue weighted by Crippen LogP contribution is 2.27. The maximum atomic E-state index is 6.18. The smallest absolute Gasteiger partial charge is 0.237 e. The highest BCUT2D eigenvalue weighted by molar-refractivity contribution is 7.98. The minimum atomic E-state index is 0.255. The number of hydrogen-bond acceptors (Lipinski definition) is 7. The maximum Gasteiger partial charge on any atom is 0.237 e. The fourth-order valence-corrected chi connectivity index (χ4v) is 3.67. The van der Waals surface area contributed by atoms with E-state index in [2.05, 4.69) is 20.3 Å². The average Bonchev–Trinajstić information content (AvgIpc) is 3.33. The van der Waals surface area contributed by atoms with E-state index in [0.717, 1.165) is 5.56 Å². The lowest BCUT2D eigenvalue weighted by molar-refractivity contribution is 0.290. The molecule has 29 heavy (non-hydrogen) atoms. The van der Waals surface area contributed by atoms with E-state index in [0.29, 0.717) is 44.2 Å². The van der Waals surface area contributed by atoms with E-state index < -0.39 is 0 Å². The molecule has 0 N–H and O–H groups in total. The summed E-state index contributed by atoms with van der Waals surface area (Å²) < 4.78 is 12.9. The van der Waals surface area contributed by atoms with Crippen molar-refractivity contribution in [3.05, 3.63) is 70.3 Å². The van der Waals surface area contributed by atoms with Gasteiger partial charge in [-0.15, -0.1) is 10.2 Å². The van der Waals surface area contributed by atoms with Gasteiger partial charge in [-0.3, -0.25) is 0 Å². The molecule has 2 aromatic carbocycles. The third kappa shape index (κ3) is 4.55. The number of ether oxygens (including phenoxy) is 1. The molecule has 0 unspecified atom stereocenters. The average molecular weight is 448 g/mol. The van der Waals surface area contributed by atoms with Crippen LogP contribution in [0.25, 0.3) is 11.4 Å². The van der Waals surface area contributed by atoms with Gasteiger partial charge in [0.15, 0.2) is 11.0 Å². The Hall–Kier alpha value is -2.55. The molecule has 0 atom stereocenters. The predicted molar refractivity (Wildman–Crippen MR) is 111 cm³/mol. The van der Waals surface area contributed by atoms with E-state index >= 15 is 0 Å². The minimum Gasteiger partial charge on any atom is -0.484 e. The van der Waals surface area contributed by atoms with Crippen LogP contribution in [-0.4, -0.2) is 24.9 Å². The molecule has 0 aliphatic carbocycles. The van der Waals surface area contributed by atoms with Crippen molar-refractivity contribution in [1.29, 1.82) is 0 Å². The minimum absolute atomic E-state index is 0.255. The van der Waals surface area contributed by atoms with Crippen molar-refractivity contribution in [2.75, 3.05) is 0 Å². The second kappa shape index (κ2) is 8.86. The van der Waals surface area contributed by atoms with Crippen LogP contribution in [0.5, 0.6) is 5.75 Å². The number of nitrogens with zero attached hydrogens (tertiary/aromatic N) is 5. The largest absolute Gasteiger partial charge is 0.484 e. The van der Waals surface area contributed by atoms with Gasteiger partial charge in [0.1, 0.15) is 12.4 Å². The molecular formula is C19H15Cl2N5O2S. The number of aromatic nitrogens is 5. The molecule has 0 amide bonds. The normalized spacial score (nSPS) is 11.0. The molecule has 0 fully saturated rings. The van der Waals surface area contributed by atoms with E-state index in [4.69, 9.17) is 32.5 Å². The van der Waals surface area contributed by atoms with Gasteiger partial charge in [-0.25, -0.2) is 0 Å². The van der Waals surface area contributed by atoms with Crippen molar-refractivity contribution in [3.63, 3.8) is 0 Å². The fraction of sp³-hybridized carbons (Fsp3) is 0.158. The van der Waals surface area contributed by atoms with Gasteiger partial charge >= 0.3 is 0 Å². The monoisotopic (exact) mass is 447 g/mol. The summed E-state index contributed by atoms with van der Waals surface area (Å²) in [5, 5.41) is 14.2. The van der Waals surface area contributed by atoms with Gasteiger partial charge in [0, 0.05) is 12.6 Å². The maximum absolute atomic E-state index is 6.18. The van der Waals surface area contributed by atoms with Crippen molar-refractivity contribution < 1.29 is 9.26 Å². The summed E-state index contributed by atoms with van der Waals surface area (Å²) in [5.74, 6) is 2.66. The van der Waals surface area contributed by atoms with Crippen molar-refractivity contribution in [2.24, 2.45) is 7.05 Å². The number of para-hydroxylation sites is 1. The topological polar surface area (TPSA) is 78.9 Å². The summed E-state index contributed by atoms with van der Waals surface area (Å²) in [6.07, 6.45) is 0. The van der Waals surface area contributed by atoms with Gasteiger partial charge in [0.25, 0.3) is 0 Å².